The number of benzene rings is 1. The van der Waals surface area contributed by atoms with Gasteiger partial charge in [0.1, 0.15) is 6.54 Å². The van der Waals surface area contributed by atoms with E-state index in [1.807, 2.05) is 6.07 Å². The van der Waals surface area contributed by atoms with Crippen molar-refractivity contribution in [2.24, 2.45) is 0 Å². The SMILES string of the molecule is N#Cc1cccc(NC(=O)Cn2cc(C(F)(F)F)ccc2=O)c1. The Morgan fingerprint density at radius 1 is 1.26 bits per heavy atom. The molecule has 0 aliphatic carbocycles. The normalized spacial score (nSPS) is 10.9. The summed E-state index contributed by atoms with van der Waals surface area (Å²) in [5, 5.41) is 11.2. The summed E-state index contributed by atoms with van der Waals surface area (Å²) in [6.07, 6.45) is -4.01. The van der Waals surface area contributed by atoms with Gasteiger partial charge in [-0.25, -0.2) is 0 Å². The van der Waals surface area contributed by atoms with Gasteiger partial charge in [-0.15, -0.1) is 0 Å². The van der Waals surface area contributed by atoms with Gasteiger partial charge in [-0.2, -0.15) is 18.4 Å². The van der Waals surface area contributed by atoms with E-state index in [2.05, 4.69) is 5.32 Å². The second-order valence-electron chi connectivity index (χ2n) is 4.62. The summed E-state index contributed by atoms with van der Waals surface area (Å²) in [6.45, 7) is -0.570. The Labute approximate surface area is 128 Å². The molecule has 0 saturated heterocycles. The smallest absolute Gasteiger partial charge is 0.324 e. The zero-order valence-electron chi connectivity index (χ0n) is 11.6. The van der Waals surface area contributed by atoms with Crippen LogP contribution in [0.15, 0.2) is 47.4 Å². The first-order valence-corrected chi connectivity index (χ1v) is 6.37. The van der Waals surface area contributed by atoms with Crippen molar-refractivity contribution in [3.05, 3.63) is 64.1 Å². The quantitative estimate of drug-likeness (QED) is 0.943. The molecule has 0 saturated carbocycles. The number of nitriles is 1. The van der Waals surface area contributed by atoms with E-state index in [0.717, 1.165) is 6.07 Å². The summed E-state index contributed by atoms with van der Waals surface area (Å²) < 4.78 is 38.5. The lowest BCUT2D eigenvalue weighted by atomic mass is 10.2. The number of nitrogens with one attached hydrogen (secondary N) is 1. The molecule has 1 heterocycles. The summed E-state index contributed by atoms with van der Waals surface area (Å²) in [5.74, 6) is -0.679. The molecule has 0 bridgehead atoms. The van der Waals surface area contributed by atoms with E-state index in [0.29, 0.717) is 28.1 Å². The standard InChI is InChI=1S/C15H10F3N3O2/c16-15(17,18)11-4-5-14(23)21(8-11)9-13(22)20-12-3-1-2-10(6-12)7-19/h1-6,8H,9H2,(H,20,22). The molecule has 2 aromatic rings. The lowest BCUT2D eigenvalue weighted by Crippen LogP contribution is -2.28. The minimum Gasteiger partial charge on any atom is -0.324 e. The molecule has 0 spiro atoms. The Hall–Kier alpha value is -3.08. The third-order valence-corrected chi connectivity index (χ3v) is 2.90. The summed E-state index contributed by atoms with van der Waals surface area (Å²) >= 11 is 0. The first-order valence-electron chi connectivity index (χ1n) is 6.37. The Balaban J connectivity index is 2.17. The van der Waals surface area contributed by atoms with Crippen LogP contribution in [0, 0.1) is 11.3 Å². The highest BCUT2D eigenvalue weighted by molar-refractivity contribution is 5.90. The highest BCUT2D eigenvalue weighted by Gasteiger charge is 2.31. The Kier molecular flexibility index (Phi) is 4.50. The number of carbonyl (C=O) groups excluding carboxylic acids is 1. The number of amides is 1. The number of alkyl halides is 3. The summed E-state index contributed by atoms with van der Waals surface area (Å²) in [7, 11) is 0. The molecule has 0 aliphatic heterocycles. The van der Waals surface area contributed by atoms with Gasteiger partial charge in [0.2, 0.25) is 5.91 Å². The largest absolute Gasteiger partial charge is 0.417 e. The molecule has 0 aliphatic rings. The number of hydrogen-bond donors (Lipinski definition) is 1. The fourth-order valence-electron chi connectivity index (χ4n) is 1.84. The number of pyridine rings is 1. The topological polar surface area (TPSA) is 74.9 Å². The average molecular weight is 321 g/mol. The van der Waals surface area contributed by atoms with E-state index in [4.69, 9.17) is 5.26 Å². The molecular formula is C15H10F3N3O2. The Morgan fingerprint density at radius 3 is 2.65 bits per heavy atom. The van der Waals surface area contributed by atoms with E-state index in [9.17, 15) is 22.8 Å². The molecule has 2 rings (SSSR count). The van der Waals surface area contributed by atoms with Crippen LogP contribution in [0.1, 0.15) is 11.1 Å². The van der Waals surface area contributed by atoms with E-state index in [1.165, 1.54) is 18.2 Å². The number of halogens is 3. The van der Waals surface area contributed by atoms with Gasteiger partial charge in [-0.3, -0.25) is 9.59 Å². The molecule has 1 aromatic heterocycles. The molecule has 0 radical (unpaired) electrons. The van der Waals surface area contributed by atoms with Crippen LogP contribution in [0.25, 0.3) is 0 Å². The van der Waals surface area contributed by atoms with Crippen LogP contribution in [-0.2, 0) is 17.5 Å². The number of carbonyl (C=O) groups is 1. The van der Waals surface area contributed by atoms with Crippen molar-refractivity contribution in [3.63, 3.8) is 0 Å². The molecular weight excluding hydrogens is 311 g/mol. The second kappa shape index (κ2) is 6.36. The number of anilines is 1. The lowest BCUT2D eigenvalue weighted by molar-refractivity contribution is -0.138. The lowest BCUT2D eigenvalue weighted by Gasteiger charge is -2.11. The minimum absolute atomic E-state index is 0.314. The molecule has 5 nitrogen and oxygen atoms in total. The van der Waals surface area contributed by atoms with Gasteiger partial charge in [0.25, 0.3) is 5.56 Å². The molecule has 0 atom stereocenters. The van der Waals surface area contributed by atoms with Crippen LogP contribution < -0.4 is 10.9 Å². The van der Waals surface area contributed by atoms with E-state index < -0.39 is 29.8 Å². The molecule has 0 unspecified atom stereocenters. The number of rotatable bonds is 3. The van der Waals surface area contributed by atoms with Crippen molar-refractivity contribution in [1.29, 1.82) is 5.26 Å². The van der Waals surface area contributed by atoms with Crippen molar-refractivity contribution in [2.75, 3.05) is 5.32 Å². The highest BCUT2D eigenvalue weighted by Crippen LogP contribution is 2.27. The van der Waals surface area contributed by atoms with Gasteiger partial charge in [0, 0.05) is 18.0 Å². The predicted molar refractivity (Wildman–Crippen MR) is 75.5 cm³/mol. The van der Waals surface area contributed by atoms with Gasteiger partial charge >= 0.3 is 6.18 Å². The second-order valence-corrected chi connectivity index (χ2v) is 4.62. The monoisotopic (exact) mass is 321 g/mol. The van der Waals surface area contributed by atoms with Gasteiger partial charge in [0.15, 0.2) is 0 Å². The van der Waals surface area contributed by atoms with Crippen LogP contribution in [0.3, 0.4) is 0 Å². The van der Waals surface area contributed by atoms with Crippen molar-refractivity contribution >= 4 is 11.6 Å². The van der Waals surface area contributed by atoms with Crippen LogP contribution in [-0.4, -0.2) is 10.5 Å². The van der Waals surface area contributed by atoms with Crippen LogP contribution >= 0.6 is 0 Å². The third kappa shape index (κ3) is 4.20. The molecule has 8 heteroatoms. The summed E-state index contributed by atoms with van der Waals surface area (Å²) in [4.78, 5) is 23.4. The predicted octanol–water partition coefficient (Wildman–Crippen LogP) is 2.38. The summed E-state index contributed by atoms with van der Waals surface area (Å²) in [6, 6.07) is 9.32. The zero-order valence-corrected chi connectivity index (χ0v) is 11.6. The maximum absolute atomic E-state index is 12.6. The molecule has 118 valence electrons. The van der Waals surface area contributed by atoms with Gasteiger partial charge < -0.3 is 9.88 Å². The van der Waals surface area contributed by atoms with Crippen molar-refractivity contribution in [3.8, 4) is 6.07 Å². The zero-order chi connectivity index (χ0) is 17.0. The molecule has 0 fully saturated rings. The highest BCUT2D eigenvalue weighted by atomic mass is 19.4. The van der Waals surface area contributed by atoms with Gasteiger partial charge in [-0.1, -0.05) is 6.07 Å². The number of aromatic nitrogens is 1. The number of hydrogen-bond acceptors (Lipinski definition) is 3. The van der Waals surface area contributed by atoms with Crippen LogP contribution in [0.2, 0.25) is 0 Å². The van der Waals surface area contributed by atoms with Gasteiger partial charge in [0.05, 0.1) is 17.2 Å². The number of nitrogens with zero attached hydrogens (tertiary/aromatic N) is 2. The van der Waals surface area contributed by atoms with Gasteiger partial charge in [-0.05, 0) is 24.3 Å². The molecule has 1 amide bonds. The molecule has 1 aromatic carbocycles. The van der Waals surface area contributed by atoms with E-state index >= 15 is 0 Å². The summed E-state index contributed by atoms with van der Waals surface area (Å²) in [5.41, 5.74) is -1.11. The fourth-order valence-corrected chi connectivity index (χ4v) is 1.84. The average Bonchev–Trinajstić information content (AvgIpc) is 2.48. The van der Waals surface area contributed by atoms with Crippen LogP contribution in [0.5, 0.6) is 0 Å². The van der Waals surface area contributed by atoms with Crippen molar-refractivity contribution < 1.29 is 18.0 Å². The first-order chi connectivity index (χ1) is 10.8. The first kappa shape index (κ1) is 16.3. The van der Waals surface area contributed by atoms with E-state index in [1.54, 1.807) is 6.07 Å². The molecule has 1 N–H and O–H groups in total. The Morgan fingerprint density at radius 2 is 2.00 bits per heavy atom. The maximum atomic E-state index is 12.6. The third-order valence-electron chi connectivity index (χ3n) is 2.90. The van der Waals surface area contributed by atoms with Crippen molar-refractivity contribution in [2.45, 2.75) is 12.7 Å². The maximum Gasteiger partial charge on any atom is 0.417 e. The minimum atomic E-state index is -4.60. The van der Waals surface area contributed by atoms with Crippen LogP contribution in [0.4, 0.5) is 18.9 Å². The van der Waals surface area contributed by atoms with E-state index in [-0.39, 0.29) is 0 Å². The molecule has 23 heavy (non-hydrogen) atoms. The Bertz CT molecular complexity index is 835. The fraction of sp³-hybridized carbons (Fsp3) is 0.133. The van der Waals surface area contributed by atoms with Crippen molar-refractivity contribution in [1.82, 2.24) is 4.57 Å².